The first-order valence-corrected chi connectivity index (χ1v) is 12.9. The van der Waals surface area contributed by atoms with Gasteiger partial charge in [-0.15, -0.1) is 0 Å². The van der Waals surface area contributed by atoms with Gasteiger partial charge < -0.3 is 19.5 Å². The summed E-state index contributed by atoms with van der Waals surface area (Å²) in [4.78, 5) is 21.2. The summed E-state index contributed by atoms with van der Waals surface area (Å²) in [5.41, 5.74) is 1.30. The van der Waals surface area contributed by atoms with E-state index in [2.05, 4.69) is 51.1 Å². The molecule has 0 spiro atoms. The summed E-state index contributed by atoms with van der Waals surface area (Å²) in [5.74, 6) is -2.55. The van der Waals surface area contributed by atoms with Gasteiger partial charge in [0.2, 0.25) is 9.84 Å². The van der Waals surface area contributed by atoms with E-state index in [4.69, 9.17) is 5.11 Å². The van der Waals surface area contributed by atoms with Crippen molar-refractivity contribution in [2.75, 3.05) is 19.6 Å². The van der Waals surface area contributed by atoms with Gasteiger partial charge in [-0.25, -0.2) is 13.2 Å². The first-order valence-electron chi connectivity index (χ1n) is 11.4. The number of carboxylic acid groups (broad SMARTS) is 2. The van der Waals surface area contributed by atoms with E-state index in [1.165, 1.54) is 60.5 Å². The molecule has 3 aromatic carbocycles. The zero-order chi connectivity index (χ0) is 26.1. The van der Waals surface area contributed by atoms with Crippen LogP contribution in [0.3, 0.4) is 0 Å². The molecule has 3 aromatic rings. The maximum absolute atomic E-state index is 12.3. The Balaban J connectivity index is 0.000000269. The van der Waals surface area contributed by atoms with Crippen LogP contribution in [0, 0.1) is 0 Å². The van der Waals surface area contributed by atoms with Crippen LogP contribution in [0.5, 0.6) is 0 Å². The number of aromatic carboxylic acids is 2. The maximum atomic E-state index is 12.3. The molecular weight excluding hydrogens is 466 g/mol. The Hall–Kier alpha value is -3.49. The minimum atomic E-state index is -3.83. The molecule has 8 heteroatoms. The molecule has 0 aliphatic heterocycles. The second-order valence-corrected chi connectivity index (χ2v) is 10.0. The van der Waals surface area contributed by atoms with Crippen LogP contribution in [-0.4, -0.2) is 49.6 Å². The molecule has 0 saturated carbocycles. The number of benzene rings is 3. The van der Waals surface area contributed by atoms with Crippen LogP contribution >= 0.6 is 0 Å². The lowest BCUT2D eigenvalue weighted by Crippen LogP contribution is -2.46. The molecule has 1 N–H and O–H groups in total. The molecule has 35 heavy (non-hydrogen) atoms. The molecule has 0 heterocycles. The fraction of sp³-hybridized carbons (Fsp3) is 0.259. The lowest BCUT2D eigenvalue weighted by molar-refractivity contribution is -0.936. The summed E-state index contributed by atoms with van der Waals surface area (Å²) in [5, 5.41) is 19.4. The summed E-state index contributed by atoms with van der Waals surface area (Å²) >= 11 is 0. The van der Waals surface area contributed by atoms with Gasteiger partial charge in [0.05, 0.1) is 41.0 Å². The Bertz CT molecular complexity index is 1150. The third kappa shape index (κ3) is 7.24. The zero-order valence-corrected chi connectivity index (χ0v) is 21.0. The maximum Gasteiger partial charge on any atom is 0.335 e. The number of sulfone groups is 1. The van der Waals surface area contributed by atoms with E-state index in [1.807, 2.05) is 0 Å². The van der Waals surface area contributed by atoms with Gasteiger partial charge in [-0.05, 0) is 62.7 Å². The van der Waals surface area contributed by atoms with Gasteiger partial charge >= 0.3 is 5.97 Å². The van der Waals surface area contributed by atoms with Crippen molar-refractivity contribution in [1.82, 2.24) is 0 Å². The molecule has 0 amide bonds. The standard InChI is InChI=1S/C14H10O6S.C13H22N/c15-13(16)9-1-5-11(6-2-9)21(19,20)12-7-3-10(4-8-12)14(17)18;1-4-14(5-2,6-3)12-13-10-8-7-9-11-13/h1-8H,(H,15,16)(H,17,18);7-11H,4-6,12H2,1-3H3/q;+1/p-1. The SMILES string of the molecule is CC[N+](CC)(CC)Cc1ccccc1.O=C([O-])c1ccc(S(=O)(=O)c2ccc(C(=O)O)cc2)cc1. The smallest absolute Gasteiger partial charge is 0.335 e. The van der Waals surface area contributed by atoms with Gasteiger partial charge in [-0.2, -0.15) is 0 Å². The number of carboxylic acids is 2. The van der Waals surface area contributed by atoms with Crippen LogP contribution in [-0.2, 0) is 16.4 Å². The molecule has 0 fully saturated rings. The Morgan fingerprint density at radius 1 is 0.743 bits per heavy atom. The largest absolute Gasteiger partial charge is 0.545 e. The molecule has 3 rings (SSSR count). The fourth-order valence-electron chi connectivity index (χ4n) is 3.66. The molecule has 0 radical (unpaired) electrons. The zero-order valence-electron chi connectivity index (χ0n) is 20.2. The van der Waals surface area contributed by atoms with Crippen molar-refractivity contribution in [2.45, 2.75) is 37.1 Å². The normalized spacial score (nSPS) is 11.3. The van der Waals surface area contributed by atoms with Crippen LogP contribution in [0.2, 0.25) is 0 Å². The molecule has 0 atom stereocenters. The summed E-state index contributed by atoms with van der Waals surface area (Å²) < 4.78 is 25.8. The topological polar surface area (TPSA) is 112 Å². The number of nitrogens with zero attached hydrogens (tertiary/aromatic N) is 1. The Morgan fingerprint density at radius 2 is 1.17 bits per heavy atom. The van der Waals surface area contributed by atoms with Crippen molar-refractivity contribution >= 4 is 21.8 Å². The molecule has 0 aromatic heterocycles. The average molecular weight is 498 g/mol. The van der Waals surface area contributed by atoms with E-state index in [0.29, 0.717) is 0 Å². The third-order valence-corrected chi connectivity index (χ3v) is 7.97. The average Bonchev–Trinajstić information content (AvgIpc) is 2.88. The van der Waals surface area contributed by atoms with Gasteiger partial charge in [-0.1, -0.05) is 42.5 Å². The van der Waals surface area contributed by atoms with Gasteiger partial charge in [0.25, 0.3) is 0 Å². The highest BCUT2D eigenvalue weighted by atomic mass is 32.2. The van der Waals surface area contributed by atoms with E-state index in [1.54, 1.807) is 0 Å². The molecule has 0 aliphatic carbocycles. The number of hydrogen-bond acceptors (Lipinski definition) is 5. The van der Waals surface area contributed by atoms with Crippen molar-refractivity contribution in [3.8, 4) is 0 Å². The summed E-state index contributed by atoms with van der Waals surface area (Å²) in [6.07, 6.45) is 0. The van der Waals surface area contributed by atoms with E-state index in [9.17, 15) is 23.1 Å². The molecule has 186 valence electrons. The van der Waals surface area contributed by atoms with Crippen molar-refractivity contribution in [2.24, 2.45) is 0 Å². The van der Waals surface area contributed by atoms with Gasteiger partial charge in [0, 0.05) is 5.56 Å². The Morgan fingerprint density at radius 3 is 1.54 bits per heavy atom. The quantitative estimate of drug-likeness (QED) is 0.452. The molecule has 7 nitrogen and oxygen atoms in total. The third-order valence-electron chi connectivity index (χ3n) is 6.19. The predicted molar refractivity (Wildman–Crippen MR) is 132 cm³/mol. The van der Waals surface area contributed by atoms with Gasteiger partial charge in [0.1, 0.15) is 6.54 Å². The molecule has 0 saturated heterocycles. The van der Waals surface area contributed by atoms with Crippen molar-refractivity contribution < 1.29 is 32.7 Å². The Labute approximate surface area is 206 Å². The molecular formula is C27H31NO6S. The summed E-state index contributed by atoms with van der Waals surface area (Å²) in [6, 6.07) is 20.1. The van der Waals surface area contributed by atoms with Crippen LogP contribution in [0.25, 0.3) is 0 Å². The van der Waals surface area contributed by atoms with Gasteiger partial charge in [-0.3, -0.25) is 0 Å². The number of carbonyl (C=O) groups is 2. The first kappa shape index (κ1) is 27.8. The van der Waals surface area contributed by atoms with Gasteiger partial charge in [0.15, 0.2) is 0 Å². The summed E-state index contributed by atoms with van der Waals surface area (Å²) in [6.45, 7) is 11.7. The molecule has 0 unspecified atom stereocenters. The number of carbonyl (C=O) groups excluding carboxylic acids is 1. The van der Waals surface area contributed by atoms with E-state index < -0.39 is 21.8 Å². The Kier molecular flexibility index (Phi) is 9.74. The number of rotatable bonds is 9. The lowest BCUT2D eigenvalue weighted by Gasteiger charge is -2.35. The number of quaternary nitrogens is 1. The van der Waals surface area contributed by atoms with Crippen molar-refractivity contribution in [3.05, 3.63) is 95.6 Å². The van der Waals surface area contributed by atoms with Crippen molar-refractivity contribution in [1.29, 1.82) is 0 Å². The minimum absolute atomic E-state index is 0.0266. The highest BCUT2D eigenvalue weighted by molar-refractivity contribution is 7.91. The van der Waals surface area contributed by atoms with Crippen LogP contribution in [0.4, 0.5) is 0 Å². The van der Waals surface area contributed by atoms with Crippen molar-refractivity contribution in [3.63, 3.8) is 0 Å². The summed E-state index contributed by atoms with van der Waals surface area (Å²) in [7, 11) is -3.83. The van der Waals surface area contributed by atoms with Crippen LogP contribution < -0.4 is 5.11 Å². The van der Waals surface area contributed by atoms with E-state index in [0.717, 1.165) is 24.3 Å². The second-order valence-electron chi connectivity index (χ2n) is 8.08. The highest BCUT2D eigenvalue weighted by Crippen LogP contribution is 2.21. The second kappa shape index (κ2) is 12.3. The lowest BCUT2D eigenvalue weighted by atomic mass is 10.2. The van der Waals surface area contributed by atoms with Crippen LogP contribution in [0.1, 0.15) is 47.1 Å². The van der Waals surface area contributed by atoms with Crippen LogP contribution in [0.15, 0.2) is 88.7 Å². The monoisotopic (exact) mass is 497 g/mol. The van der Waals surface area contributed by atoms with E-state index >= 15 is 0 Å². The molecule has 0 bridgehead atoms. The molecule has 0 aliphatic rings. The highest BCUT2D eigenvalue weighted by Gasteiger charge is 2.20. The fourth-order valence-corrected chi connectivity index (χ4v) is 4.92. The first-order chi connectivity index (χ1) is 16.6. The minimum Gasteiger partial charge on any atom is -0.545 e. The number of hydrogen-bond donors (Lipinski definition) is 1. The predicted octanol–water partition coefficient (Wildman–Crippen LogP) is 3.64. The van der Waals surface area contributed by atoms with E-state index in [-0.39, 0.29) is 20.9 Å².